The predicted octanol–water partition coefficient (Wildman–Crippen LogP) is 1.01. The molecule has 16 heavy (non-hydrogen) atoms. The predicted molar refractivity (Wildman–Crippen MR) is 64.3 cm³/mol. The molecule has 0 aromatic rings. The maximum absolute atomic E-state index is 11.8. The Morgan fingerprint density at radius 3 is 2.50 bits per heavy atom. The molecule has 0 spiro atoms. The number of nitrogens with zero attached hydrogens (tertiary/aromatic N) is 1. The van der Waals surface area contributed by atoms with Crippen LogP contribution in [0.3, 0.4) is 0 Å². The van der Waals surface area contributed by atoms with Crippen molar-refractivity contribution in [3.63, 3.8) is 0 Å². The molecule has 0 aromatic heterocycles. The van der Waals surface area contributed by atoms with Gasteiger partial charge in [-0.25, -0.2) is 0 Å². The summed E-state index contributed by atoms with van der Waals surface area (Å²) in [4.78, 5) is 14.1. The molecule has 0 aliphatic carbocycles. The molecule has 1 saturated heterocycles. The van der Waals surface area contributed by atoms with E-state index in [0.29, 0.717) is 25.2 Å². The van der Waals surface area contributed by atoms with Crippen LogP contribution in [-0.4, -0.2) is 48.2 Å². The zero-order chi connectivity index (χ0) is 12.3. The van der Waals surface area contributed by atoms with Crippen LogP contribution in [0.2, 0.25) is 0 Å². The molecular weight excluding hydrogens is 204 g/mol. The van der Waals surface area contributed by atoms with Gasteiger partial charge in [0.25, 0.3) is 5.91 Å². The number of carbonyl (C=O) groups is 1. The SMILES string of the molecule is CC(C)NC(=O)[C@H]1CN(C(C)C)[C@@H](C)CO1. The Morgan fingerprint density at radius 2 is 2.00 bits per heavy atom. The van der Waals surface area contributed by atoms with Crippen molar-refractivity contribution in [1.29, 1.82) is 0 Å². The second-order valence-corrected chi connectivity index (χ2v) is 5.12. The number of hydrogen-bond donors (Lipinski definition) is 1. The van der Waals surface area contributed by atoms with E-state index in [1.807, 2.05) is 13.8 Å². The molecule has 1 fully saturated rings. The quantitative estimate of drug-likeness (QED) is 0.784. The van der Waals surface area contributed by atoms with Gasteiger partial charge < -0.3 is 10.1 Å². The molecule has 0 radical (unpaired) electrons. The molecule has 1 amide bonds. The van der Waals surface area contributed by atoms with Crippen LogP contribution in [0.15, 0.2) is 0 Å². The topological polar surface area (TPSA) is 41.6 Å². The van der Waals surface area contributed by atoms with Crippen LogP contribution in [0, 0.1) is 0 Å². The van der Waals surface area contributed by atoms with E-state index >= 15 is 0 Å². The summed E-state index contributed by atoms with van der Waals surface area (Å²) in [6.07, 6.45) is -0.319. The summed E-state index contributed by atoms with van der Waals surface area (Å²) >= 11 is 0. The molecular formula is C12H24N2O2. The third-order valence-electron chi connectivity index (χ3n) is 2.87. The van der Waals surface area contributed by atoms with Gasteiger partial charge in [0.2, 0.25) is 0 Å². The van der Waals surface area contributed by atoms with Crippen LogP contribution >= 0.6 is 0 Å². The highest BCUT2D eigenvalue weighted by Crippen LogP contribution is 2.14. The van der Waals surface area contributed by atoms with Crippen molar-refractivity contribution in [3.05, 3.63) is 0 Å². The number of nitrogens with one attached hydrogen (secondary N) is 1. The highest BCUT2D eigenvalue weighted by molar-refractivity contribution is 5.81. The lowest BCUT2D eigenvalue weighted by Gasteiger charge is -2.40. The fraction of sp³-hybridized carbons (Fsp3) is 0.917. The van der Waals surface area contributed by atoms with Crippen LogP contribution in [0.4, 0.5) is 0 Å². The van der Waals surface area contributed by atoms with Gasteiger partial charge in [0.15, 0.2) is 0 Å². The molecule has 1 aliphatic heterocycles. The Balaban J connectivity index is 2.54. The summed E-state index contributed by atoms with van der Waals surface area (Å²) < 4.78 is 5.58. The second kappa shape index (κ2) is 5.64. The number of rotatable bonds is 3. The van der Waals surface area contributed by atoms with E-state index in [0.717, 1.165) is 0 Å². The lowest BCUT2D eigenvalue weighted by molar-refractivity contribution is -0.143. The fourth-order valence-electron chi connectivity index (χ4n) is 2.03. The van der Waals surface area contributed by atoms with Crippen molar-refractivity contribution in [2.75, 3.05) is 13.2 Å². The van der Waals surface area contributed by atoms with Gasteiger partial charge in [-0.2, -0.15) is 0 Å². The zero-order valence-corrected chi connectivity index (χ0v) is 11.0. The third-order valence-corrected chi connectivity index (χ3v) is 2.87. The van der Waals surface area contributed by atoms with Crippen molar-refractivity contribution < 1.29 is 9.53 Å². The van der Waals surface area contributed by atoms with Gasteiger partial charge in [0.1, 0.15) is 6.10 Å². The molecule has 94 valence electrons. The maximum Gasteiger partial charge on any atom is 0.250 e. The molecule has 0 unspecified atom stereocenters. The Kier molecular flexibility index (Phi) is 4.74. The van der Waals surface area contributed by atoms with Crippen LogP contribution in [0.25, 0.3) is 0 Å². The van der Waals surface area contributed by atoms with Crippen LogP contribution in [-0.2, 0) is 9.53 Å². The van der Waals surface area contributed by atoms with E-state index in [1.54, 1.807) is 0 Å². The zero-order valence-electron chi connectivity index (χ0n) is 11.0. The number of ether oxygens (including phenoxy) is 1. The first kappa shape index (κ1) is 13.5. The van der Waals surface area contributed by atoms with Crippen LogP contribution < -0.4 is 5.32 Å². The lowest BCUT2D eigenvalue weighted by atomic mass is 10.1. The minimum absolute atomic E-state index is 0.00699. The molecule has 1 N–H and O–H groups in total. The second-order valence-electron chi connectivity index (χ2n) is 5.12. The van der Waals surface area contributed by atoms with E-state index in [9.17, 15) is 4.79 Å². The molecule has 1 heterocycles. The average molecular weight is 228 g/mol. The Morgan fingerprint density at radius 1 is 1.38 bits per heavy atom. The first-order chi connectivity index (χ1) is 7.41. The molecule has 4 nitrogen and oxygen atoms in total. The van der Waals surface area contributed by atoms with E-state index < -0.39 is 0 Å². The van der Waals surface area contributed by atoms with Gasteiger partial charge in [-0.15, -0.1) is 0 Å². The maximum atomic E-state index is 11.8. The normalized spacial score (nSPS) is 27.4. The molecule has 0 bridgehead atoms. The summed E-state index contributed by atoms with van der Waals surface area (Å²) in [5, 5.41) is 2.90. The summed E-state index contributed by atoms with van der Waals surface area (Å²) in [6.45, 7) is 11.7. The van der Waals surface area contributed by atoms with Gasteiger partial charge in [-0.1, -0.05) is 0 Å². The molecule has 1 rings (SSSR count). The first-order valence-corrected chi connectivity index (χ1v) is 6.09. The summed E-state index contributed by atoms with van der Waals surface area (Å²) in [5.74, 6) is 0.00699. The number of hydrogen-bond acceptors (Lipinski definition) is 3. The van der Waals surface area contributed by atoms with Gasteiger partial charge >= 0.3 is 0 Å². The van der Waals surface area contributed by atoms with Crippen molar-refractivity contribution in [2.24, 2.45) is 0 Å². The van der Waals surface area contributed by atoms with Gasteiger partial charge in [0, 0.05) is 24.7 Å². The molecule has 1 aliphatic rings. The van der Waals surface area contributed by atoms with Crippen molar-refractivity contribution in [3.8, 4) is 0 Å². The van der Waals surface area contributed by atoms with E-state index in [1.165, 1.54) is 0 Å². The fourth-order valence-corrected chi connectivity index (χ4v) is 2.03. The summed E-state index contributed by atoms with van der Waals surface area (Å²) in [5.41, 5.74) is 0. The van der Waals surface area contributed by atoms with Crippen molar-refractivity contribution in [2.45, 2.75) is 58.8 Å². The number of carbonyl (C=O) groups excluding carboxylic acids is 1. The Bertz CT molecular complexity index is 241. The minimum Gasteiger partial charge on any atom is -0.365 e. The molecule has 4 heteroatoms. The third kappa shape index (κ3) is 3.46. The van der Waals surface area contributed by atoms with Gasteiger partial charge in [-0.05, 0) is 34.6 Å². The Labute approximate surface area is 98.3 Å². The molecule has 0 saturated carbocycles. The van der Waals surface area contributed by atoms with E-state index in [-0.39, 0.29) is 18.1 Å². The van der Waals surface area contributed by atoms with Crippen LogP contribution in [0.1, 0.15) is 34.6 Å². The lowest BCUT2D eigenvalue weighted by Crippen LogP contribution is -2.56. The standard InChI is InChI=1S/C12H24N2O2/c1-8(2)13-12(15)11-6-14(9(3)4)10(5)7-16-11/h8-11H,6-7H2,1-5H3,(H,13,15)/t10-,11+/m0/s1. The van der Waals surface area contributed by atoms with Crippen LogP contribution in [0.5, 0.6) is 0 Å². The van der Waals surface area contributed by atoms with Gasteiger partial charge in [0.05, 0.1) is 6.61 Å². The monoisotopic (exact) mass is 228 g/mol. The largest absolute Gasteiger partial charge is 0.365 e. The average Bonchev–Trinajstić information content (AvgIpc) is 2.16. The Hall–Kier alpha value is -0.610. The summed E-state index contributed by atoms with van der Waals surface area (Å²) in [7, 11) is 0. The molecule has 2 atom stereocenters. The number of morpholine rings is 1. The highest BCUT2D eigenvalue weighted by atomic mass is 16.5. The van der Waals surface area contributed by atoms with E-state index in [4.69, 9.17) is 4.74 Å². The van der Waals surface area contributed by atoms with Crippen molar-refractivity contribution in [1.82, 2.24) is 10.2 Å². The minimum atomic E-state index is -0.319. The first-order valence-electron chi connectivity index (χ1n) is 6.09. The smallest absolute Gasteiger partial charge is 0.250 e. The highest BCUT2D eigenvalue weighted by Gasteiger charge is 2.31. The van der Waals surface area contributed by atoms with E-state index in [2.05, 4.69) is 31.0 Å². The van der Waals surface area contributed by atoms with Gasteiger partial charge in [-0.3, -0.25) is 9.69 Å². The number of amides is 1. The van der Waals surface area contributed by atoms with Crippen molar-refractivity contribution >= 4 is 5.91 Å². The molecule has 0 aromatic carbocycles. The summed E-state index contributed by atoms with van der Waals surface area (Å²) in [6, 6.07) is 1.01.